The lowest BCUT2D eigenvalue weighted by Crippen LogP contribution is -2.67. The Kier molecular flexibility index (Phi) is 6.30. The third kappa shape index (κ3) is 3.37. The first-order chi connectivity index (χ1) is 10.9. The fraction of sp³-hybridized carbons (Fsp3) is 1.00. The van der Waals surface area contributed by atoms with Gasteiger partial charge in [-0.2, -0.15) is 0 Å². The molecule has 23 heavy (non-hydrogen) atoms. The summed E-state index contributed by atoms with van der Waals surface area (Å²) in [6.07, 6.45) is -12.4. The maximum absolute atomic E-state index is 10.3. The number of hydrogen-bond acceptors (Lipinski definition) is 10. The molecule has 10 heteroatoms. The molecule has 2 aliphatic heterocycles. The first-order valence-electron chi connectivity index (χ1n) is 7.33. The Balaban J connectivity index is 2.26. The van der Waals surface area contributed by atoms with Gasteiger partial charge in [0.15, 0.2) is 6.29 Å². The predicted molar refractivity (Wildman–Crippen MR) is 72.0 cm³/mol. The average molecular weight is 340 g/mol. The van der Waals surface area contributed by atoms with Gasteiger partial charge in [0.2, 0.25) is 0 Å². The quantitative estimate of drug-likeness (QED) is 0.265. The van der Waals surface area contributed by atoms with E-state index in [1.165, 1.54) is 7.11 Å². The van der Waals surface area contributed by atoms with Crippen molar-refractivity contribution in [3.05, 3.63) is 0 Å². The van der Waals surface area contributed by atoms with Gasteiger partial charge < -0.3 is 50.0 Å². The van der Waals surface area contributed by atoms with E-state index in [0.29, 0.717) is 0 Å². The topological polar surface area (TPSA) is 169 Å². The van der Waals surface area contributed by atoms with E-state index in [-0.39, 0.29) is 0 Å². The third-order valence-corrected chi connectivity index (χ3v) is 4.48. The van der Waals surface area contributed by atoms with Crippen LogP contribution < -0.4 is 0 Å². The second-order valence-corrected chi connectivity index (χ2v) is 5.81. The second kappa shape index (κ2) is 7.66. The van der Waals surface area contributed by atoms with E-state index in [0.717, 1.165) is 0 Å². The van der Waals surface area contributed by atoms with Gasteiger partial charge >= 0.3 is 0 Å². The molecule has 7 N–H and O–H groups in total. The van der Waals surface area contributed by atoms with Crippen molar-refractivity contribution in [1.82, 2.24) is 0 Å². The zero-order valence-corrected chi connectivity index (χ0v) is 12.5. The smallest absolute Gasteiger partial charge is 0.186 e. The third-order valence-electron chi connectivity index (χ3n) is 4.48. The average Bonchev–Trinajstić information content (AvgIpc) is 2.56. The van der Waals surface area contributed by atoms with Crippen molar-refractivity contribution in [2.75, 3.05) is 20.3 Å². The van der Waals surface area contributed by atoms with Crippen molar-refractivity contribution < 1.29 is 50.0 Å². The van der Waals surface area contributed by atoms with Crippen LogP contribution in [-0.2, 0) is 14.2 Å². The van der Waals surface area contributed by atoms with Crippen LogP contribution in [0.2, 0.25) is 0 Å². The lowest BCUT2D eigenvalue weighted by molar-refractivity contribution is -0.320. The minimum absolute atomic E-state index is 0.566. The summed E-state index contributed by atoms with van der Waals surface area (Å²) in [4.78, 5) is 0. The summed E-state index contributed by atoms with van der Waals surface area (Å²) in [5, 5.41) is 68.7. The van der Waals surface area contributed by atoms with Crippen LogP contribution >= 0.6 is 0 Å². The Morgan fingerprint density at radius 3 is 1.87 bits per heavy atom. The highest BCUT2D eigenvalue weighted by Gasteiger charge is 2.54. The monoisotopic (exact) mass is 340 g/mol. The summed E-state index contributed by atoms with van der Waals surface area (Å²) < 4.78 is 15.6. The zero-order chi connectivity index (χ0) is 17.3. The molecule has 10 atom stereocenters. The number of ether oxygens (including phenoxy) is 3. The fourth-order valence-corrected chi connectivity index (χ4v) is 3.17. The molecule has 2 rings (SSSR count). The van der Waals surface area contributed by atoms with E-state index in [2.05, 4.69) is 0 Å². The van der Waals surface area contributed by atoms with Crippen LogP contribution in [0.4, 0.5) is 0 Å². The molecule has 2 fully saturated rings. The lowest BCUT2D eigenvalue weighted by Gasteiger charge is -2.49. The van der Waals surface area contributed by atoms with Crippen molar-refractivity contribution >= 4 is 0 Å². The van der Waals surface area contributed by atoms with E-state index in [1.54, 1.807) is 0 Å². The molecule has 10 nitrogen and oxygen atoms in total. The van der Waals surface area contributed by atoms with Gasteiger partial charge in [-0.1, -0.05) is 0 Å². The zero-order valence-electron chi connectivity index (χ0n) is 12.5. The minimum Gasteiger partial charge on any atom is -0.394 e. The van der Waals surface area contributed by atoms with Gasteiger partial charge in [0.1, 0.15) is 30.5 Å². The van der Waals surface area contributed by atoms with Crippen molar-refractivity contribution in [3.8, 4) is 0 Å². The van der Waals surface area contributed by atoms with Gasteiger partial charge in [0, 0.05) is 13.0 Å². The maximum atomic E-state index is 10.3. The number of rotatable bonds is 4. The van der Waals surface area contributed by atoms with Crippen LogP contribution in [-0.4, -0.2) is 111 Å². The molecule has 0 radical (unpaired) electrons. The molecular formula is C13H24O10. The molecular weight excluding hydrogens is 316 g/mol. The normalized spacial score (nSPS) is 51.7. The van der Waals surface area contributed by atoms with Crippen LogP contribution in [0, 0.1) is 5.92 Å². The molecule has 0 amide bonds. The Labute approximate surface area is 132 Å². The summed E-state index contributed by atoms with van der Waals surface area (Å²) in [6.45, 7) is -1.19. The van der Waals surface area contributed by atoms with Gasteiger partial charge in [-0.05, 0) is 0 Å². The van der Waals surface area contributed by atoms with Crippen LogP contribution in [0.15, 0.2) is 0 Å². The van der Waals surface area contributed by atoms with E-state index < -0.39 is 74.3 Å². The van der Waals surface area contributed by atoms with Gasteiger partial charge in [0.25, 0.3) is 0 Å². The maximum Gasteiger partial charge on any atom is 0.186 e. The van der Waals surface area contributed by atoms with Crippen LogP contribution in [0.1, 0.15) is 0 Å². The molecule has 2 aliphatic rings. The van der Waals surface area contributed by atoms with Gasteiger partial charge in [-0.15, -0.1) is 0 Å². The summed E-state index contributed by atoms with van der Waals surface area (Å²) in [5.41, 5.74) is 0. The molecule has 0 aromatic rings. The number of aliphatic hydroxyl groups is 7. The van der Waals surface area contributed by atoms with E-state index in [1.807, 2.05) is 0 Å². The highest BCUT2D eigenvalue weighted by atomic mass is 16.7. The van der Waals surface area contributed by atoms with Crippen LogP contribution in [0.3, 0.4) is 0 Å². The number of aliphatic hydroxyl groups excluding tert-OH is 7. The minimum atomic E-state index is -1.63. The molecule has 0 spiro atoms. The Bertz CT molecular complexity index is 378. The molecule has 0 saturated carbocycles. The molecule has 0 bridgehead atoms. The molecule has 0 aromatic heterocycles. The predicted octanol–water partition coefficient (Wildman–Crippen LogP) is -4.47. The number of methoxy groups -OCH3 is 1. The van der Waals surface area contributed by atoms with E-state index in [4.69, 9.17) is 14.2 Å². The molecule has 0 aliphatic carbocycles. The Hall–Kier alpha value is -0.400. The van der Waals surface area contributed by atoms with E-state index >= 15 is 0 Å². The molecule has 0 aromatic carbocycles. The van der Waals surface area contributed by atoms with Gasteiger partial charge in [0.05, 0.1) is 31.5 Å². The van der Waals surface area contributed by atoms with Crippen molar-refractivity contribution in [3.63, 3.8) is 0 Å². The summed E-state index contributed by atoms with van der Waals surface area (Å²) >= 11 is 0. The molecule has 2 saturated heterocycles. The van der Waals surface area contributed by atoms with Crippen LogP contribution in [0.5, 0.6) is 0 Å². The summed E-state index contributed by atoms with van der Waals surface area (Å²) in [7, 11) is 1.25. The summed E-state index contributed by atoms with van der Waals surface area (Å²) in [5.74, 6) is -1.12. The highest BCUT2D eigenvalue weighted by molar-refractivity contribution is 5.01. The SMILES string of the molecule is CO[C@H]1O[C@H](CO)[C@@H]([C@H]2O[C@H](CO)[C@@H](O)[C@@H](O)[C@@H]2O)[C@H](O)[C@H]1O. The van der Waals surface area contributed by atoms with Gasteiger partial charge in [-0.25, -0.2) is 0 Å². The highest BCUT2D eigenvalue weighted by Crippen LogP contribution is 2.35. The fourth-order valence-electron chi connectivity index (χ4n) is 3.17. The first-order valence-corrected chi connectivity index (χ1v) is 7.33. The standard InChI is InChI=1S/C13H24O10/c1-21-13-11(20)8(17)6(4(2-14)23-13)12-10(19)9(18)7(16)5(3-15)22-12/h4-20H,2-3H2,1H3/t4-,5-,6-,7-,8+,9-,10+,11-,12-,13+/m1/s1. The van der Waals surface area contributed by atoms with Crippen molar-refractivity contribution in [2.24, 2.45) is 5.92 Å². The lowest BCUT2D eigenvalue weighted by atomic mass is 9.79. The molecule has 2 heterocycles. The van der Waals surface area contributed by atoms with Crippen molar-refractivity contribution in [1.29, 1.82) is 0 Å². The molecule has 136 valence electrons. The number of hydrogen-bond donors (Lipinski definition) is 7. The molecule has 0 unspecified atom stereocenters. The van der Waals surface area contributed by atoms with Gasteiger partial charge in [-0.3, -0.25) is 0 Å². The Morgan fingerprint density at radius 2 is 1.35 bits per heavy atom. The largest absolute Gasteiger partial charge is 0.394 e. The van der Waals surface area contributed by atoms with Crippen molar-refractivity contribution in [2.45, 2.75) is 55.1 Å². The van der Waals surface area contributed by atoms with E-state index in [9.17, 15) is 35.7 Å². The summed E-state index contributed by atoms with van der Waals surface area (Å²) in [6, 6.07) is 0. The Morgan fingerprint density at radius 1 is 0.739 bits per heavy atom. The second-order valence-electron chi connectivity index (χ2n) is 5.81. The van der Waals surface area contributed by atoms with Crippen LogP contribution in [0.25, 0.3) is 0 Å². The first kappa shape index (κ1) is 18.9.